The number of aliphatic carboxylic acids is 1. The van der Waals surface area contributed by atoms with Gasteiger partial charge < -0.3 is 14.4 Å². The molecule has 1 aromatic heterocycles. The molecule has 1 N–H and O–H groups in total. The number of alkyl halides is 1. The fourth-order valence-electron chi connectivity index (χ4n) is 1.37. The minimum atomic E-state index is -0.918. The number of hydrogen-bond donors (Lipinski definition) is 1. The summed E-state index contributed by atoms with van der Waals surface area (Å²) in [5.74, 6) is -1.02. The van der Waals surface area contributed by atoms with Gasteiger partial charge in [0.15, 0.2) is 5.76 Å². The van der Waals surface area contributed by atoms with Crippen LogP contribution in [0.15, 0.2) is 10.6 Å². The van der Waals surface area contributed by atoms with Crippen LogP contribution in [0, 0.1) is 5.92 Å². The normalized spacial score (nSPS) is 12.8. The summed E-state index contributed by atoms with van der Waals surface area (Å²) in [6.07, 6.45) is 0. The van der Waals surface area contributed by atoms with Gasteiger partial charge in [-0.25, -0.2) is 0 Å². The van der Waals surface area contributed by atoms with Crippen LogP contribution in [-0.2, 0) is 4.79 Å². The van der Waals surface area contributed by atoms with Gasteiger partial charge >= 0.3 is 5.97 Å². The molecule has 1 unspecified atom stereocenters. The van der Waals surface area contributed by atoms with E-state index in [9.17, 15) is 4.79 Å². The molecule has 1 atom stereocenters. The molecule has 0 aliphatic heterocycles. The highest BCUT2D eigenvalue weighted by molar-refractivity contribution is 9.09. The first kappa shape index (κ1) is 13.0. The van der Waals surface area contributed by atoms with Gasteiger partial charge in [0.1, 0.15) is 5.92 Å². The maximum atomic E-state index is 11.0. The maximum absolute atomic E-state index is 11.0. The number of carboxylic acid groups (broad SMARTS) is 1. The van der Waals surface area contributed by atoms with E-state index in [1.54, 1.807) is 0 Å². The third-order valence-electron chi connectivity index (χ3n) is 2.07. The molecular formula is C10H14BrNO4. The zero-order valence-corrected chi connectivity index (χ0v) is 10.7. The van der Waals surface area contributed by atoms with Gasteiger partial charge in [0.25, 0.3) is 5.88 Å². The Hall–Kier alpha value is -1.04. The summed E-state index contributed by atoms with van der Waals surface area (Å²) in [7, 11) is 0. The summed E-state index contributed by atoms with van der Waals surface area (Å²) in [6, 6.07) is 1.53. The number of hydrogen-bond acceptors (Lipinski definition) is 4. The van der Waals surface area contributed by atoms with Crippen molar-refractivity contribution in [2.45, 2.75) is 19.8 Å². The van der Waals surface area contributed by atoms with Crippen LogP contribution >= 0.6 is 15.9 Å². The summed E-state index contributed by atoms with van der Waals surface area (Å²) in [4.78, 5) is 11.0. The molecule has 5 nitrogen and oxygen atoms in total. The minimum Gasteiger partial charge on any atom is -0.481 e. The molecule has 0 aliphatic carbocycles. The van der Waals surface area contributed by atoms with Crippen molar-refractivity contribution in [1.29, 1.82) is 0 Å². The third kappa shape index (κ3) is 3.23. The molecule has 1 rings (SSSR count). The van der Waals surface area contributed by atoms with E-state index in [1.807, 2.05) is 13.8 Å². The van der Waals surface area contributed by atoms with Gasteiger partial charge in [-0.3, -0.25) is 4.79 Å². The highest BCUT2D eigenvalue weighted by Crippen LogP contribution is 2.27. The van der Waals surface area contributed by atoms with Crippen LogP contribution in [0.2, 0.25) is 0 Å². The molecule has 0 fully saturated rings. The molecule has 0 aliphatic rings. The standard InChI is InChI=1S/C10H14BrNO4/c1-6(2)9(10(13)14)7-5-8(12-16-7)15-4-3-11/h5-6,9H,3-4H2,1-2H3,(H,13,14). The van der Waals surface area contributed by atoms with Gasteiger partial charge in [0.2, 0.25) is 0 Å². The van der Waals surface area contributed by atoms with Gasteiger partial charge in [-0.1, -0.05) is 29.8 Å². The van der Waals surface area contributed by atoms with Crippen molar-refractivity contribution in [3.63, 3.8) is 0 Å². The van der Waals surface area contributed by atoms with Crippen molar-refractivity contribution in [3.8, 4) is 5.88 Å². The predicted octanol–water partition coefficient (Wildman–Crippen LogP) is 2.27. The Morgan fingerprint density at radius 1 is 1.69 bits per heavy atom. The number of halogens is 1. The first-order valence-corrected chi connectivity index (χ1v) is 6.06. The van der Waals surface area contributed by atoms with Crippen molar-refractivity contribution in [2.75, 3.05) is 11.9 Å². The molecule has 16 heavy (non-hydrogen) atoms. The Balaban J connectivity index is 2.78. The fourth-order valence-corrected chi connectivity index (χ4v) is 1.53. The quantitative estimate of drug-likeness (QED) is 0.814. The minimum absolute atomic E-state index is 0.0607. The zero-order chi connectivity index (χ0) is 12.1. The largest absolute Gasteiger partial charge is 0.481 e. The predicted molar refractivity (Wildman–Crippen MR) is 61.0 cm³/mol. The first-order chi connectivity index (χ1) is 7.56. The SMILES string of the molecule is CC(C)C(C(=O)O)c1cc(OCCBr)no1. The molecule has 90 valence electrons. The van der Waals surface area contributed by atoms with Crippen LogP contribution in [0.5, 0.6) is 5.88 Å². The second kappa shape index (κ2) is 5.89. The average molecular weight is 292 g/mol. The van der Waals surface area contributed by atoms with Gasteiger partial charge in [0, 0.05) is 11.4 Å². The van der Waals surface area contributed by atoms with E-state index < -0.39 is 11.9 Å². The molecule has 0 amide bonds. The van der Waals surface area contributed by atoms with Crippen LogP contribution < -0.4 is 4.74 Å². The van der Waals surface area contributed by atoms with Gasteiger partial charge in [0.05, 0.1) is 6.61 Å². The van der Waals surface area contributed by atoms with Crippen molar-refractivity contribution >= 4 is 21.9 Å². The van der Waals surface area contributed by atoms with E-state index in [0.29, 0.717) is 23.6 Å². The van der Waals surface area contributed by atoms with Crippen molar-refractivity contribution < 1.29 is 19.2 Å². The van der Waals surface area contributed by atoms with Crippen LogP contribution in [-0.4, -0.2) is 28.2 Å². The summed E-state index contributed by atoms with van der Waals surface area (Å²) in [5.41, 5.74) is 0. The summed E-state index contributed by atoms with van der Waals surface area (Å²) in [6.45, 7) is 4.10. The Morgan fingerprint density at radius 2 is 2.38 bits per heavy atom. The Bertz CT molecular complexity index is 350. The summed E-state index contributed by atoms with van der Waals surface area (Å²) >= 11 is 3.21. The number of carbonyl (C=O) groups is 1. The molecule has 1 heterocycles. The van der Waals surface area contributed by atoms with Crippen LogP contribution in [0.3, 0.4) is 0 Å². The van der Waals surface area contributed by atoms with E-state index in [2.05, 4.69) is 21.1 Å². The number of ether oxygens (including phenoxy) is 1. The number of nitrogens with zero attached hydrogens (tertiary/aromatic N) is 1. The Morgan fingerprint density at radius 3 is 2.88 bits per heavy atom. The fraction of sp³-hybridized carbons (Fsp3) is 0.600. The second-order valence-electron chi connectivity index (χ2n) is 3.66. The molecular weight excluding hydrogens is 278 g/mol. The lowest BCUT2D eigenvalue weighted by Crippen LogP contribution is -2.16. The molecule has 0 bridgehead atoms. The van der Waals surface area contributed by atoms with Crippen molar-refractivity contribution in [1.82, 2.24) is 5.16 Å². The van der Waals surface area contributed by atoms with Crippen LogP contribution in [0.25, 0.3) is 0 Å². The number of rotatable bonds is 6. The van der Waals surface area contributed by atoms with E-state index in [-0.39, 0.29) is 5.92 Å². The molecule has 0 saturated heterocycles. The van der Waals surface area contributed by atoms with Gasteiger partial charge in [-0.05, 0) is 11.1 Å². The van der Waals surface area contributed by atoms with Gasteiger partial charge in [-0.15, -0.1) is 0 Å². The topological polar surface area (TPSA) is 72.6 Å². The van der Waals surface area contributed by atoms with E-state index in [1.165, 1.54) is 6.07 Å². The lowest BCUT2D eigenvalue weighted by Gasteiger charge is -2.11. The number of carboxylic acids is 1. The van der Waals surface area contributed by atoms with Crippen LogP contribution in [0.1, 0.15) is 25.5 Å². The Labute approximate surface area is 102 Å². The van der Waals surface area contributed by atoms with E-state index in [4.69, 9.17) is 14.4 Å². The van der Waals surface area contributed by atoms with Crippen molar-refractivity contribution in [2.24, 2.45) is 5.92 Å². The average Bonchev–Trinajstić information content (AvgIpc) is 2.62. The summed E-state index contributed by atoms with van der Waals surface area (Å²) < 4.78 is 10.2. The Kier molecular flexibility index (Phi) is 4.79. The van der Waals surface area contributed by atoms with Gasteiger partial charge in [-0.2, -0.15) is 0 Å². The third-order valence-corrected chi connectivity index (χ3v) is 2.40. The molecule has 6 heteroatoms. The van der Waals surface area contributed by atoms with E-state index in [0.717, 1.165) is 0 Å². The maximum Gasteiger partial charge on any atom is 0.314 e. The zero-order valence-electron chi connectivity index (χ0n) is 9.14. The molecule has 0 saturated carbocycles. The first-order valence-electron chi connectivity index (χ1n) is 4.94. The van der Waals surface area contributed by atoms with E-state index >= 15 is 0 Å². The smallest absolute Gasteiger partial charge is 0.314 e. The molecule has 1 aromatic rings. The van der Waals surface area contributed by atoms with Crippen molar-refractivity contribution in [3.05, 3.63) is 11.8 Å². The second-order valence-corrected chi connectivity index (χ2v) is 4.46. The molecule has 0 aromatic carbocycles. The summed E-state index contributed by atoms with van der Waals surface area (Å²) in [5, 5.41) is 13.4. The highest BCUT2D eigenvalue weighted by Gasteiger charge is 2.28. The number of aromatic nitrogens is 1. The molecule has 0 radical (unpaired) electrons. The lowest BCUT2D eigenvalue weighted by molar-refractivity contribution is -0.140. The lowest BCUT2D eigenvalue weighted by atomic mass is 9.94. The van der Waals surface area contributed by atoms with Crippen LogP contribution in [0.4, 0.5) is 0 Å². The highest BCUT2D eigenvalue weighted by atomic mass is 79.9. The molecule has 0 spiro atoms. The monoisotopic (exact) mass is 291 g/mol.